The first kappa shape index (κ1) is 13.2. The van der Waals surface area contributed by atoms with Gasteiger partial charge in [0.25, 0.3) is 0 Å². The number of aromatic nitrogens is 3. The van der Waals surface area contributed by atoms with E-state index in [0.29, 0.717) is 6.54 Å². The summed E-state index contributed by atoms with van der Waals surface area (Å²) in [6.45, 7) is 7.18. The third-order valence-corrected chi connectivity index (χ3v) is 3.53. The van der Waals surface area contributed by atoms with Crippen molar-refractivity contribution in [2.24, 2.45) is 0 Å². The minimum atomic E-state index is -0.445. The molecule has 0 saturated carbocycles. The lowest BCUT2D eigenvalue weighted by Gasteiger charge is -2.07. The Morgan fingerprint density at radius 3 is 2.78 bits per heavy atom. The Hall–Kier alpha value is -1.26. The van der Waals surface area contributed by atoms with E-state index in [1.54, 1.807) is 6.92 Å². The van der Waals surface area contributed by atoms with E-state index in [-0.39, 0.29) is 0 Å². The van der Waals surface area contributed by atoms with E-state index < -0.39 is 6.10 Å². The summed E-state index contributed by atoms with van der Waals surface area (Å²) in [5.74, 6) is 0. The van der Waals surface area contributed by atoms with Crippen molar-refractivity contribution in [2.45, 2.75) is 40.0 Å². The van der Waals surface area contributed by atoms with E-state index in [1.165, 1.54) is 0 Å². The second-order valence-corrected chi connectivity index (χ2v) is 4.83. The van der Waals surface area contributed by atoms with Crippen LogP contribution < -0.4 is 0 Å². The van der Waals surface area contributed by atoms with Crippen molar-refractivity contribution in [3.63, 3.8) is 0 Å². The highest BCUT2D eigenvalue weighted by molar-refractivity contribution is 6.31. The molecule has 5 heteroatoms. The Bertz CT molecular complexity index is 542. The zero-order chi connectivity index (χ0) is 13.3. The fourth-order valence-electron chi connectivity index (χ4n) is 2.00. The maximum atomic E-state index is 9.51. The molecule has 1 N–H and O–H groups in total. The second-order valence-electron chi connectivity index (χ2n) is 4.45. The second kappa shape index (κ2) is 5.16. The van der Waals surface area contributed by atoms with Gasteiger partial charge in [-0.25, -0.2) is 0 Å². The van der Waals surface area contributed by atoms with E-state index in [2.05, 4.69) is 5.10 Å². The molecule has 0 amide bonds. The fraction of sp³-hybridized carbons (Fsp3) is 0.462. The van der Waals surface area contributed by atoms with E-state index in [1.807, 2.05) is 41.6 Å². The predicted molar refractivity (Wildman–Crippen MR) is 71.8 cm³/mol. The molecule has 2 heterocycles. The molecule has 0 saturated heterocycles. The van der Waals surface area contributed by atoms with Gasteiger partial charge in [-0.1, -0.05) is 11.6 Å². The standard InChI is InChI=1S/C13H18ClN3O/c1-4-17-12(13(14)9(2)15-17)8-16-6-5-11(7-16)10(3)18/h5-7,10,18H,4,8H2,1-3H3. The Morgan fingerprint density at radius 2 is 2.22 bits per heavy atom. The number of aliphatic hydroxyl groups excluding tert-OH is 1. The van der Waals surface area contributed by atoms with Gasteiger partial charge < -0.3 is 9.67 Å². The molecule has 0 spiro atoms. The van der Waals surface area contributed by atoms with E-state index in [0.717, 1.165) is 28.5 Å². The Kier molecular flexibility index (Phi) is 3.78. The largest absolute Gasteiger partial charge is 0.389 e. The van der Waals surface area contributed by atoms with Gasteiger partial charge in [0.1, 0.15) is 0 Å². The first-order chi connectivity index (χ1) is 8.52. The highest BCUT2D eigenvalue weighted by Gasteiger charge is 2.13. The van der Waals surface area contributed by atoms with Crippen LogP contribution in [0.4, 0.5) is 0 Å². The molecule has 18 heavy (non-hydrogen) atoms. The van der Waals surface area contributed by atoms with Gasteiger partial charge in [-0.3, -0.25) is 4.68 Å². The molecular weight excluding hydrogens is 250 g/mol. The lowest BCUT2D eigenvalue weighted by molar-refractivity contribution is 0.199. The summed E-state index contributed by atoms with van der Waals surface area (Å²) in [5.41, 5.74) is 2.77. The van der Waals surface area contributed by atoms with Crippen molar-refractivity contribution in [2.75, 3.05) is 0 Å². The number of nitrogens with zero attached hydrogens (tertiary/aromatic N) is 3. The summed E-state index contributed by atoms with van der Waals surface area (Å²) in [6.07, 6.45) is 3.43. The van der Waals surface area contributed by atoms with Crippen molar-refractivity contribution in [3.05, 3.63) is 40.4 Å². The molecule has 2 aromatic heterocycles. The van der Waals surface area contributed by atoms with E-state index >= 15 is 0 Å². The summed E-state index contributed by atoms with van der Waals surface area (Å²) < 4.78 is 3.93. The first-order valence-corrected chi connectivity index (χ1v) is 6.46. The maximum Gasteiger partial charge on any atom is 0.0865 e. The van der Waals surface area contributed by atoms with Gasteiger partial charge in [0.05, 0.1) is 29.1 Å². The third-order valence-electron chi connectivity index (χ3n) is 3.04. The average Bonchev–Trinajstić information content (AvgIpc) is 2.89. The molecule has 0 aliphatic heterocycles. The summed E-state index contributed by atoms with van der Waals surface area (Å²) in [7, 11) is 0. The van der Waals surface area contributed by atoms with Crippen LogP contribution in [0, 0.1) is 6.92 Å². The third kappa shape index (κ3) is 2.44. The Balaban J connectivity index is 2.27. The van der Waals surface area contributed by atoms with Crippen molar-refractivity contribution in [1.82, 2.24) is 14.3 Å². The molecule has 0 fully saturated rings. The molecular formula is C13H18ClN3O. The zero-order valence-corrected chi connectivity index (χ0v) is 11.6. The monoisotopic (exact) mass is 267 g/mol. The Labute approximate surface area is 112 Å². The molecule has 0 aromatic carbocycles. The van der Waals surface area contributed by atoms with Gasteiger partial charge >= 0.3 is 0 Å². The summed E-state index contributed by atoms with van der Waals surface area (Å²) in [4.78, 5) is 0. The van der Waals surface area contributed by atoms with Gasteiger partial charge in [0.15, 0.2) is 0 Å². The van der Waals surface area contributed by atoms with Gasteiger partial charge in [-0.15, -0.1) is 0 Å². The number of aliphatic hydroxyl groups is 1. The summed E-state index contributed by atoms with van der Waals surface area (Å²) >= 11 is 6.27. The van der Waals surface area contributed by atoms with Crippen LogP contribution in [0.15, 0.2) is 18.5 Å². The smallest absolute Gasteiger partial charge is 0.0865 e. The number of rotatable bonds is 4. The minimum absolute atomic E-state index is 0.445. The van der Waals surface area contributed by atoms with Gasteiger partial charge in [-0.05, 0) is 32.4 Å². The summed E-state index contributed by atoms with van der Waals surface area (Å²) in [6, 6.07) is 1.91. The van der Waals surface area contributed by atoms with Crippen LogP contribution in [-0.2, 0) is 13.1 Å². The molecule has 1 atom stereocenters. The Morgan fingerprint density at radius 1 is 1.50 bits per heavy atom. The van der Waals surface area contributed by atoms with Crippen LogP contribution in [0.1, 0.15) is 36.9 Å². The quantitative estimate of drug-likeness (QED) is 0.926. The molecule has 0 bridgehead atoms. The lowest BCUT2D eigenvalue weighted by atomic mass is 10.2. The van der Waals surface area contributed by atoms with Crippen LogP contribution >= 0.6 is 11.6 Å². The average molecular weight is 268 g/mol. The number of halogens is 1. The molecule has 2 rings (SSSR count). The molecule has 98 valence electrons. The van der Waals surface area contributed by atoms with Gasteiger partial charge in [0.2, 0.25) is 0 Å². The van der Waals surface area contributed by atoms with E-state index in [9.17, 15) is 5.11 Å². The predicted octanol–water partition coefficient (Wildman–Crippen LogP) is 2.77. The van der Waals surface area contributed by atoms with Crippen LogP contribution in [0.2, 0.25) is 5.02 Å². The molecule has 4 nitrogen and oxygen atoms in total. The van der Waals surface area contributed by atoms with Crippen LogP contribution in [0.5, 0.6) is 0 Å². The molecule has 0 aliphatic carbocycles. The van der Waals surface area contributed by atoms with Crippen LogP contribution in [0.3, 0.4) is 0 Å². The van der Waals surface area contributed by atoms with Gasteiger partial charge in [-0.2, -0.15) is 5.10 Å². The number of hydrogen-bond acceptors (Lipinski definition) is 2. The van der Waals surface area contributed by atoms with Crippen LogP contribution in [-0.4, -0.2) is 19.5 Å². The highest BCUT2D eigenvalue weighted by Crippen LogP contribution is 2.22. The normalized spacial score (nSPS) is 12.9. The molecule has 0 aliphatic rings. The zero-order valence-electron chi connectivity index (χ0n) is 10.9. The fourth-order valence-corrected chi connectivity index (χ4v) is 2.19. The van der Waals surface area contributed by atoms with Crippen molar-refractivity contribution >= 4 is 11.6 Å². The van der Waals surface area contributed by atoms with Crippen molar-refractivity contribution < 1.29 is 5.11 Å². The molecule has 1 unspecified atom stereocenters. The first-order valence-electron chi connectivity index (χ1n) is 6.08. The van der Waals surface area contributed by atoms with E-state index in [4.69, 9.17) is 11.6 Å². The van der Waals surface area contributed by atoms with Crippen molar-refractivity contribution in [1.29, 1.82) is 0 Å². The van der Waals surface area contributed by atoms with Gasteiger partial charge in [0, 0.05) is 18.9 Å². The maximum absolute atomic E-state index is 9.51. The number of aryl methyl sites for hydroxylation is 2. The highest BCUT2D eigenvalue weighted by atomic mass is 35.5. The SMILES string of the molecule is CCn1nc(C)c(Cl)c1Cn1ccc(C(C)O)c1. The lowest BCUT2D eigenvalue weighted by Crippen LogP contribution is -2.07. The van der Waals surface area contributed by atoms with Crippen molar-refractivity contribution in [3.8, 4) is 0 Å². The molecule has 0 radical (unpaired) electrons. The topological polar surface area (TPSA) is 43.0 Å². The summed E-state index contributed by atoms with van der Waals surface area (Å²) in [5, 5.41) is 14.6. The number of hydrogen-bond donors (Lipinski definition) is 1. The minimum Gasteiger partial charge on any atom is -0.389 e. The molecule has 2 aromatic rings. The van der Waals surface area contributed by atoms with Crippen LogP contribution in [0.25, 0.3) is 0 Å².